The van der Waals surface area contributed by atoms with Crippen molar-refractivity contribution in [3.8, 4) is 5.75 Å². The van der Waals surface area contributed by atoms with Crippen molar-refractivity contribution in [2.45, 2.75) is 12.9 Å². The van der Waals surface area contributed by atoms with Crippen LogP contribution in [0.3, 0.4) is 0 Å². The number of H-pyrrole nitrogens is 1. The lowest BCUT2D eigenvalue weighted by molar-refractivity contribution is -0.274. The molecule has 0 fully saturated rings. The van der Waals surface area contributed by atoms with Crippen LogP contribution in [0, 0.1) is 0 Å². The van der Waals surface area contributed by atoms with Gasteiger partial charge in [0.2, 0.25) is 5.91 Å². The van der Waals surface area contributed by atoms with Crippen molar-refractivity contribution in [3.05, 3.63) is 65.9 Å². The quantitative estimate of drug-likeness (QED) is 0.604. The van der Waals surface area contributed by atoms with Gasteiger partial charge in [-0.3, -0.25) is 9.59 Å². The van der Waals surface area contributed by atoms with Crippen molar-refractivity contribution in [3.63, 3.8) is 0 Å². The molecule has 0 saturated heterocycles. The Bertz CT molecular complexity index is 981. The van der Waals surface area contributed by atoms with Crippen molar-refractivity contribution < 1.29 is 27.5 Å². The summed E-state index contributed by atoms with van der Waals surface area (Å²) < 4.78 is 40.1. The van der Waals surface area contributed by atoms with Crippen molar-refractivity contribution in [2.75, 3.05) is 6.54 Å². The van der Waals surface area contributed by atoms with Gasteiger partial charge in [0.05, 0.1) is 12.1 Å². The normalized spacial score (nSPS) is 11.2. The standard InChI is InChI=1S/C19H16F3N3O3/c20-19(21,22)28-13-7-5-12(6-8-13)9-24-17(26)11-25-18(27)15-10-23-16-4-2-1-3-14(15)16/h1-8,10,23H,9,11H2,(H,24,26)(H,25,27). The van der Waals surface area contributed by atoms with Crippen LogP contribution in [-0.2, 0) is 11.3 Å². The molecular weight excluding hydrogens is 375 g/mol. The number of carbonyl (C=O) groups is 2. The minimum atomic E-state index is -4.75. The van der Waals surface area contributed by atoms with Gasteiger partial charge in [-0.15, -0.1) is 13.2 Å². The van der Waals surface area contributed by atoms with Crippen molar-refractivity contribution in [1.82, 2.24) is 15.6 Å². The summed E-state index contributed by atoms with van der Waals surface area (Å²) in [7, 11) is 0. The first-order chi connectivity index (χ1) is 13.3. The van der Waals surface area contributed by atoms with E-state index in [9.17, 15) is 22.8 Å². The maximum Gasteiger partial charge on any atom is 0.573 e. The molecule has 3 N–H and O–H groups in total. The van der Waals surface area contributed by atoms with Gasteiger partial charge >= 0.3 is 6.36 Å². The molecule has 1 heterocycles. The van der Waals surface area contributed by atoms with Crippen molar-refractivity contribution in [1.29, 1.82) is 0 Å². The second kappa shape index (κ2) is 8.03. The van der Waals surface area contributed by atoms with Crippen molar-refractivity contribution in [2.24, 2.45) is 0 Å². The highest BCUT2D eigenvalue weighted by atomic mass is 19.4. The average Bonchev–Trinajstić information content (AvgIpc) is 3.08. The van der Waals surface area contributed by atoms with Crippen LogP contribution in [0.15, 0.2) is 54.7 Å². The molecule has 146 valence electrons. The molecular formula is C19H16F3N3O3. The Morgan fingerprint density at radius 2 is 1.71 bits per heavy atom. The number of ether oxygens (including phenoxy) is 1. The maximum atomic E-state index is 12.2. The molecule has 1 aromatic heterocycles. The van der Waals surface area contributed by atoms with Gasteiger partial charge in [0.15, 0.2) is 0 Å². The van der Waals surface area contributed by atoms with E-state index in [1.54, 1.807) is 12.3 Å². The first kappa shape index (κ1) is 19.3. The van der Waals surface area contributed by atoms with Gasteiger partial charge in [-0.2, -0.15) is 0 Å². The zero-order valence-electron chi connectivity index (χ0n) is 14.5. The SMILES string of the molecule is O=C(CNC(=O)c1c[nH]c2ccccc12)NCc1ccc(OC(F)(F)F)cc1. The summed E-state index contributed by atoms with van der Waals surface area (Å²) in [6, 6.07) is 12.4. The minimum Gasteiger partial charge on any atom is -0.406 e. The lowest BCUT2D eigenvalue weighted by atomic mass is 10.1. The van der Waals surface area contributed by atoms with Crippen LogP contribution < -0.4 is 15.4 Å². The number of halogens is 3. The summed E-state index contributed by atoms with van der Waals surface area (Å²) in [6.45, 7) is -0.123. The lowest BCUT2D eigenvalue weighted by Gasteiger charge is -2.10. The van der Waals surface area contributed by atoms with Gasteiger partial charge < -0.3 is 20.4 Å². The first-order valence-corrected chi connectivity index (χ1v) is 8.27. The largest absolute Gasteiger partial charge is 0.573 e. The fourth-order valence-corrected chi connectivity index (χ4v) is 2.59. The summed E-state index contributed by atoms with van der Waals surface area (Å²) in [5, 5.41) is 5.86. The molecule has 0 spiro atoms. The molecule has 0 saturated carbocycles. The highest BCUT2D eigenvalue weighted by Gasteiger charge is 2.30. The van der Waals surface area contributed by atoms with E-state index in [1.807, 2.05) is 18.2 Å². The number of aromatic amines is 1. The third-order valence-corrected chi connectivity index (χ3v) is 3.89. The van der Waals surface area contributed by atoms with Gasteiger partial charge in [-0.1, -0.05) is 30.3 Å². The molecule has 9 heteroatoms. The number of amides is 2. The van der Waals surface area contributed by atoms with Crippen LogP contribution in [-0.4, -0.2) is 29.7 Å². The number of rotatable bonds is 6. The van der Waals surface area contributed by atoms with E-state index in [-0.39, 0.29) is 24.7 Å². The Morgan fingerprint density at radius 1 is 1.00 bits per heavy atom. The maximum absolute atomic E-state index is 12.2. The fourth-order valence-electron chi connectivity index (χ4n) is 2.59. The average molecular weight is 391 g/mol. The summed E-state index contributed by atoms with van der Waals surface area (Å²) in [5.41, 5.74) is 1.84. The molecule has 6 nitrogen and oxygen atoms in total. The van der Waals surface area contributed by atoms with E-state index in [4.69, 9.17) is 0 Å². The molecule has 2 aromatic carbocycles. The molecule has 2 amide bonds. The molecule has 0 aliphatic rings. The molecule has 0 aliphatic carbocycles. The van der Waals surface area contributed by atoms with Crippen LogP contribution in [0.4, 0.5) is 13.2 Å². The number of hydrogen-bond acceptors (Lipinski definition) is 3. The Morgan fingerprint density at radius 3 is 2.43 bits per heavy atom. The van der Waals surface area contributed by atoms with Gasteiger partial charge in [-0.25, -0.2) is 0 Å². The third-order valence-electron chi connectivity index (χ3n) is 3.89. The van der Waals surface area contributed by atoms with Gasteiger partial charge in [0.25, 0.3) is 5.91 Å². The van der Waals surface area contributed by atoms with E-state index in [2.05, 4.69) is 20.4 Å². The zero-order valence-corrected chi connectivity index (χ0v) is 14.5. The number of hydrogen-bond donors (Lipinski definition) is 3. The molecule has 0 aliphatic heterocycles. The van der Waals surface area contributed by atoms with E-state index >= 15 is 0 Å². The highest BCUT2D eigenvalue weighted by Crippen LogP contribution is 2.22. The molecule has 0 bridgehead atoms. The lowest BCUT2D eigenvalue weighted by Crippen LogP contribution is -2.36. The first-order valence-electron chi connectivity index (χ1n) is 8.27. The molecule has 0 radical (unpaired) electrons. The van der Waals surface area contributed by atoms with Crippen LogP contribution >= 0.6 is 0 Å². The molecule has 28 heavy (non-hydrogen) atoms. The third kappa shape index (κ3) is 5.03. The number of benzene rings is 2. The Balaban J connectivity index is 1.47. The number of nitrogens with one attached hydrogen (secondary N) is 3. The Labute approximate surface area is 157 Å². The fraction of sp³-hybridized carbons (Fsp3) is 0.158. The zero-order chi connectivity index (χ0) is 20.1. The van der Waals surface area contributed by atoms with E-state index in [0.29, 0.717) is 11.1 Å². The number of carbonyl (C=O) groups excluding carboxylic acids is 2. The summed E-state index contributed by atoms with van der Waals surface area (Å²) in [6.07, 6.45) is -3.18. The van der Waals surface area contributed by atoms with Gasteiger partial charge in [-0.05, 0) is 23.8 Å². The van der Waals surface area contributed by atoms with Crippen LogP contribution in [0.25, 0.3) is 10.9 Å². The number of alkyl halides is 3. The van der Waals surface area contributed by atoms with E-state index in [1.165, 1.54) is 12.1 Å². The molecule has 0 atom stereocenters. The molecule has 0 unspecified atom stereocenters. The van der Waals surface area contributed by atoms with Crippen LogP contribution in [0.1, 0.15) is 15.9 Å². The summed E-state index contributed by atoms with van der Waals surface area (Å²) in [4.78, 5) is 27.1. The van der Waals surface area contributed by atoms with Gasteiger partial charge in [0, 0.05) is 23.6 Å². The van der Waals surface area contributed by atoms with E-state index in [0.717, 1.165) is 23.0 Å². The minimum absolute atomic E-state index is 0.105. The highest BCUT2D eigenvalue weighted by molar-refractivity contribution is 6.07. The van der Waals surface area contributed by atoms with Crippen LogP contribution in [0.2, 0.25) is 0 Å². The number of fused-ring (bicyclic) bond motifs is 1. The van der Waals surface area contributed by atoms with E-state index < -0.39 is 12.3 Å². The second-order valence-electron chi connectivity index (χ2n) is 5.90. The monoisotopic (exact) mass is 391 g/mol. The predicted octanol–water partition coefficient (Wildman–Crippen LogP) is 3.11. The number of aromatic nitrogens is 1. The topological polar surface area (TPSA) is 83.2 Å². The second-order valence-corrected chi connectivity index (χ2v) is 5.90. The summed E-state index contributed by atoms with van der Waals surface area (Å²) in [5.74, 6) is -1.15. The Hall–Kier alpha value is -3.49. The smallest absolute Gasteiger partial charge is 0.406 e. The number of para-hydroxylation sites is 1. The molecule has 3 aromatic rings. The molecule has 3 rings (SSSR count). The Kier molecular flexibility index (Phi) is 5.53. The van der Waals surface area contributed by atoms with Crippen molar-refractivity contribution >= 4 is 22.7 Å². The summed E-state index contributed by atoms with van der Waals surface area (Å²) >= 11 is 0. The van der Waals surface area contributed by atoms with Gasteiger partial charge in [0.1, 0.15) is 5.75 Å². The predicted molar refractivity (Wildman–Crippen MR) is 95.6 cm³/mol. The van der Waals surface area contributed by atoms with Crippen LogP contribution in [0.5, 0.6) is 5.75 Å².